The second-order valence-electron chi connectivity index (χ2n) is 10.2. The number of anilines is 1. The molecule has 1 saturated carbocycles. The predicted molar refractivity (Wildman–Crippen MR) is 164 cm³/mol. The lowest BCUT2D eigenvalue weighted by atomic mass is 9.77. The highest BCUT2D eigenvalue weighted by molar-refractivity contribution is 7.14. The molecule has 5 aromatic rings. The van der Waals surface area contributed by atoms with Crippen LogP contribution in [0, 0.1) is 5.92 Å². The zero-order valence-electron chi connectivity index (χ0n) is 21.7. The highest BCUT2D eigenvalue weighted by Crippen LogP contribution is 2.47. The molecule has 0 radical (unpaired) electrons. The quantitative estimate of drug-likeness (QED) is 0.230. The van der Waals surface area contributed by atoms with Crippen molar-refractivity contribution in [2.75, 3.05) is 5.01 Å². The van der Waals surface area contributed by atoms with Crippen LogP contribution in [0.25, 0.3) is 28.5 Å². The summed E-state index contributed by atoms with van der Waals surface area (Å²) in [4.78, 5) is 5.13. The topological polar surface area (TPSA) is 28.5 Å². The van der Waals surface area contributed by atoms with E-state index in [1.807, 2.05) is 0 Å². The van der Waals surface area contributed by atoms with Crippen LogP contribution in [0.5, 0.6) is 0 Å². The molecule has 4 aromatic carbocycles. The summed E-state index contributed by atoms with van der Waals surface area (Å²) in [5.41, 5.74) is 9.68. The number of allylic oxidation sites excluding steroid dienone is 1. The maximum atomic E-state index is 5.31. The van der Waals surface area contributed by atoms with Crippen molar-refractivity contribution < 1.29 is 0 Å². The van der Waals surface area contributed by atoms with Gasteiger partial charge in [-0.3, -0.25) is 0 Å². The first kappa shape index (κ1) is 23.8. The lowest BCUT2D eigenvalue weighted by Gasteiger charge is -2.29. The van der Waals surface area contributed by atoms with E-state index in [1.165, 1.54) is 40.0 Å². The van der Waals surface area contributed by atoms with Crippen LogP contribution >= 0.6 is 11.3 Å². The lowest BCUT2D eigenvalue weighted by molar-refractivity contribution is 0.487. The third-order valence-corrected chi connectivity index (χ3v) is 8.59. The van der Waals surface area contributed by atoms with Gasteiger partial charge >= 0.3 is 0 Å². The minimum Gasteiger partial charge on any atom is -0.231 e. The lowest BCUT2D eigenvalue weighted by Crippen LogP contribution is -2.28. The summed E-state index contributed by atoms with van der Waals surface area (Å²) in [5.74, 6) is 0.355. The van der Waals surface area contributed by atoms with Crippen molar-refractivity contribution in [3.8, 4) is 22.4 Å². The van der Waals surface area contributed by atoms with Gasteiger partial charge in [0.1, 0.15) is 0 Å². The Morgan fingerprint density at radius 3 is 2.10 bits per heavy atom. The van der Waals surface area contributed by atoms with Gasteiger partial charge in [0.2, 0.25) is 5.13 Å². The van der Waals surface area contributed by atoms with Crippen molar-refractivity contribution in [1.29, 1.82) is 0 Å². The molecule has 3 nitrogen and oxygen atoms in total. The Morgan fingerprint density at radius 2 is 1.36 bits per heavy atom. The Balaban J connectivity index is 1.24. The molecule has 0 amide bonds. The van der Waals surface area contributed by atoms with Crippen LogP contribution in [0.4, 0.5) is 5.13 Å². The first-order chi connectivity index (χ1) is 19.3. The molecule has 2 atom stereocenters. The number of nitrogens with zero attached hydrogens (tertiary/aromatic N) is 3. The Morgan fingerprint density at radius 1 is 0.718 bits per heavy atom. The molecule has 1 aliphatic heterocycles. The number of rotatable bonds is 5. The normalized spacial score (nSPS) is 19.6. The van der Waals surface area contributed by atoms with Crippen molar-refractivity contribution in [3.05, 3.63) is 137 Å². The van der Waals surface area contributed by atoms with Gasteiger partial charge in [0.15, 0.2) is 0 Å². The summed E-state index contributed by atoms with van der Waals surface area (Å²) < 4.78 is 0. The van der Waals surface area contributed by atoms with Gasteiger partial charge in [0.25, 0.3) is 0 Å². The monoisotopic (exact) mass is 523 g/mol. The molecule has 0 spiro atoms. The van der Waals surface area contributed by atoms with Crippen molar-refractivity contribution >= 4 is 28.3 Å². The average molecular weight is 524 g/mol. The van der Waals surface area contributed by atoms with Crippen LogP contribution in [-0.4, -0.2) is 10.7 Å². The van der Waals surface area contributed by atoms with Gasteiger partial charge in [-0.15, -0.1) is 11.3 Å². The van der Waals surface area contributed by atoms with E-state index >= 15 is 0 Å². The highest BCUT2D eigenvalue weighted by Gasteiger charge is 2.42. The number of benzene rings is 4. The van der Waals surface area contributed by atoms with Crippen LogP contribution in [0.3, 0.4) is 0 Å². The molecule has 0 bridgehead atoms. The Hall–Kier alpha value is -4.28. The Bertz CT molecular complexity index is 1620. The van der Waals surface area contributed by atoms with E-state index in [1.54, 1.807) is 11.3 Å². The van der Waals surface area contributed by atoms with Crippen molar-refractivity contribution in [2.24, 2.45) is 11.0 Å². The van der Waals surface area contributed by atoms with Crippen LogP contribution in [0.15, 0.2) is 131 Å². The summed E-state index contributed by atoms with van der Waals surface area (Å²) >= 11 is 1.68. The highest BCUT2D eigenvalue weighted by atomic mass is 32.1. The van der Waals surface area contributed by atoms with Gasteiger partial charge in [0.05, 0.1) is 17.4 Å². The molecule has 0 saturated heterocycles. The minimum atomic E-state index is 0.153. The van der Waals surface area contributed by atoms with Crippen molar-refractivity contribution in [1.82, 2.24) is 4.98 Å². The molecule has 39 heavy (non-hydrogen) atoms. The van der Waals surface area contributed by atoms with Gasteiger partial charge in [-0.25, -0.2) is 9.99 Å². The summed E-state index contributed by atoms with van der Waals surface area (Å²) in [7, 11) is 0. The third kappa shape index (κ3) is 4.73. The summed E-state index contributed by atoms with van der Waals surface area (Å²) in [6.07, 6.45) is 5.71. The SMILES string of the molecule is C(=C1\CCC[C@@H]2C1=NN(c1nc(-c3ccc(-c4ccccc4)cc3)cs1)[C@H]2c1ccccc1)/c1ccccc1. The molecule has 0 unspecified atom stereocenters. The van der Waals surface area contributed by atoms with E-state index in [4.69, 9.17) is 10.1 Å². The van der Waals surface area contributed by atoms with Gasteiger partial charge in [-0.2, -0.15) is 5.10 Å². The molecule has 1 fully saturated rings. The number of hydrogen-bond acceptors (Lipinski definition) is 4. The Labute approximate surface area is 233 Å². The van der Waals surface area contributed by atoms with E-state index in [-0.39, 0.29) is 6.04 Å². The number of thiazole rings is 1. The van der Waals surface area contributed by atoms with E-state index < -0.39 is 0 Å². The molecule has 1 aromatic heterocycles. The van der Waals surface area contributed by atoms with E-state index in [0.717, 1.165) is 29.2 Å². The van der Waals surface area contributed by atoms with Gasteiger partial charge < -0.3 is 0 Å². The molecule has 2 aliphatic rings. The number of hydrogen-bond donors (Lipinski definition) is 0. The smallest absolute Gasteiger partial charge is 0.207 e. The fourth-order valence-corrected chi connectivity index (χ4v) is 6.68. The average Bonchev–Trinajstić information content (AvgIpc) is 3.65. The van der Waals surface area contributed by atoms with Gasteiger partial charge in [-0.05, 0) is 53.2 Å². The molecular weight excluding hydrogens is 494 g/mol. The summed E-state index contributed by atoms with van der Waals surface area (Å²) in [6.45, 7) is 0. The maximum absolute atomic E-state index is 5.31. The maximum Gasteiger partial charge on any atom is 0.207 e. The zero-order chi connectivity index (χ0) is 26.0. The van der Waals surface area contributed by atoms with Crippen LogP contribution in [-0.2, 0) is 0 Å². The number of fused-ring (bicyclic) bond motifs is 1. The molecule has 2 heterocycles. The largest absolute Gasteiger partial charge is 0.231 e. The summed E-state index contributed by atoms with van der Waals surface area (Å²) in [6, 6.07) is 40.8. The minimum absolute atomic E-state index is 0.153. The van der Waals surface area contributed by atoms with E-state index in [9.17, 15) is 0 Å². The second-order valence-corrected chi connectivity index (χ2v) is 11.1. The fraction of sp³-hybridized carbons (Fsp3) is 0.143. The van der Waals surface area contributed by atoms with Gasteiger partial charge in [-0.1, -0.05) is 115 Å². The predicted octanol–water partition coefficient (Wildman–Crippen LogP) is 9.28. The van der Waals surface area contributed by atoms with Gasteiger partial charge in [0, 0.05) is 16.9 Å². The van der Waals surface area contributed by atoms with E-state index in [0.29, 0.717) is 5.92 Å². The van der Waals surface area contributed by atoms with Crippen LogP contribution in [0.1, 0.15) is 36.4 Å². The van der Waals surface area contributed by atoms with Crippen LogP contribution in [0.2, 0.25) is 0 Å². The van der Waals surface area contributed by atoms with E-state index in [2.05, 4.69) is 132 Å². The number of aromatic nitrogens is 1. The second kappa shape index (κ2) is 10.5. The molecule has 4 heteroatoms. The molecule has 1 aliphatic carbocycles. The standard InChI is InChI=1S/C35H29N3S/c1-4-11-25(12-5-1)23-30-17-10-18-31-33(30)37-38(34(31)29-15-8-3-9-16-29)35-36-32(24-39-35)28-21-19-27(20-22-28)26-13-6-2-7-14-26/h1-9,11-16,19-24,31,34H,10,17-18H2/b30-23-/t31-,34+/m1/s1. The molecular formula is C35H29N3S. The Kier molecular flexibility index (Phi) is 6.39. The fourth-order valence-electron chi connectivity index (χ4n) is 5.86. The van der Waals surface area contributed by atoms with Crippen LogP contribution < -0.4 is 5.01 Å². The molecule has 190 valence electrons. The first-order valence-electron chi connectivity index (χ1n) is 13.6. The molecule has 0 N–H and O–H groups in total. The van der Waals surface area contributed by atoms with Crippen molar-refractivity contribution in [3.63, 3.8) is 0 Å². The first-order valence-corrected chi connectivity index (χ1v) is 14.5. The third-order valence-electron chi connectivity index (χ3n) is 7.76. The summed E-state index contributed by atoms with van der Waals surface area (Å²) in [5, 5.41) is 10.6. The van der Waals surface area contributed by atoms with Crippen molar-refractivity contribution in [2.45, 2.75) is 25.3 Å². The number of hydrazone groups is 1. The zero-order valence-corrected chi connectivity index (χ0v) is 22.5. The molecule has 7 rings (SSSR count).